The Balaban J connectivity index is 2.12. The van der Waals surface area contributed by atoms with E-state index >= 15 is 0 Å². The summed E-state index contributed by atoms with van der Waals surface area (Å²) in [5.41, 5.74) is 6.62. The van der Waals surface area contributed by atoms with Gasteiger partial charge < -0.3 is 10.5 Å². The molecule has 0 atom stereocenters. The molecule has 0 radical (unpaired) electrons. The van der Waals surface area contributed by atoms with Gasteiger partial charge in [-0.2, -0.15) is 0 Å². The zero-order valence-electron chi connectivity index (χ0n) is 9.05. The van der Waals surface area contributed by atoms with E-state index in [2.05, 4.69) is 0 Å². The van der Waals surface area contributed by atoms with Crippen molar-refractivity contribution < 1.29 is 9.66 Å². The molecule has 0 unspecified atom stereocenters. The van der Waals surface area contributed by atoms with E-state index in [4.69, 9.17) is 10.5 Å². The first-order chi connectivity index (χ1) is 7.56. The highest BCUT2D eigenvalue weighted by Crippen LogP contribution is 2.29. The molecular weight excluding hydrogens is 208 g/mol. The average molecular weight is 222 g/mol. The lowest BCUT2D eigenvalue weighted by Crippen LogP contribution is -2.43. The summed E-state index contributed by atoms with van der Waals surface area (Å²) >= 11 is 0. The number of nitro benzene ring substituents is 1. The van der Waals surface area contributed by atoms with E-state index in [0.29, 0.717) is 5.75 Å². The Morgan fingerprint density at radius 2 is 2.19 bits per heavy atom. The van der Waals surface area contributed by atoms with E-state index in [0.717, 1.165) is 18.4 Å². The second kappa shape index (κ2) is 4.09. The van der Waals surface area contributed by atoms with Gasteiger partial charge in [0, 0.05) is 12.1 Å². The predicted molar refractivity (Wildman–Crippen MR) is 59.5 cm³/mol. The molecule has 0 bridgehead atoms. The molecule has 2 N–H and O–H groups in total. The van der Waals surface area contributed by atoms with Gasteiger partial charge in [0.05, 0.1) is 11.0 Å². The average Bonchev–Trinajstić information content (AvgIpc) is 2.18. The molecule has 1 aromatic rings. The number of aryl methyl sites for hydroxylation is 1. The van der Waals surface area contributed by atoms with Crippen molar-refractivity contribution in [3.63, 3.8) is 0 Å². The van der Waals surface area contributed by atoms with Gasteiger partial charge in [-0.3, -0.25) is 10.1 Å². The largest absolute Gasteiger partial charge is 0.490 e. The Bertz CT molecular complexity index is 414. The van der Waals surface area contributed by atoms with Crippen LogP contribution in [0.15, 0.2) is 18.2 Å². The molecule has 0 saturated heterocycles. The Kier molecular flexibility index (Phi) is 2.78. The summed E-state index contributed by atoms with van der Waals surface area (Å²) in [4.78, 5) is 10.2. The maximum Gasteiger partial charge on any atom is 0.273 e. The number of rotatable bonds is 3. The molecule has 5 nitrogen and oxygen atoms in total. The zero-order chi connectivity index (χ0) is 11.7. The topological polar surface area (TPSA) is 78.4 Å². The fourth-order valence-corrected chi connectivity index (χ4v) is 1.71. The number of nitrogens with zero attached hydrogens (tertiary/aromatic N) is 1. The van der Waals surface area contributed by atoms with Gasteiger partial charge in [0.1, 0.15) is 11.9 Å². The van der Waals surface area contributed by atoms with Crippen LogP contribution in [-0.2, 0) is 0 Å². The molecule has 0 amide bonds. The Morgan fingerprint density at radius 1 is 1.50 bits per heavy atom. The quantitative estimate of drug-likeness (QED) is 0.624. The monoisotopic (exact) mass is 222 g/mol. The molecule has 0 spiro atoms. The lowest BCUT2D eigenvalue weighted by Gasteiger charge is -2.32. The second-order valence-corrected chi connectivity index (χ2v) is 4.18. The van der Waals surface area contributed by atoms with Gasteiger partial charge in [-0.15, -0.1) is 0 Å². The molecule has 0 aliphatic heterocycles. The van der Waals surface area contributed by atoms with Crippen LogP contribution >= 0.6 is 0 Å². The number of non-ortho nitro benzene ring substituents is 1. The third kappa shape index (κ3) is 2.14. The van der Waals surface area contributed by atoms with Gasteiger partial charge in [-0.1, -0.05) is 0 Å². The fraction of sp³-hybridized carbons (Fsp3) is 0.455. The molecular formula is C11H14N2O3. The van der Waals surface area contributed by atoms with Crippen molar-refractivity contribution in [2.45, 2.75) is 31.9 Å². The lowest BCUT2D eigenvalue weighted by molar-refractivity contribution is -0.385. The molecule has 86 valence electrons. The summed E-state index contributed by atoms with van der Waals surface area (Å²) in [6, 6.07) is 4.86. The molecule has 1 fully saturated rings. The summed E-state index contributed by atoms with van der Waals surface area (Å²) in [6.45, 7) is 1.87. The number of nitrogens with two attached hydrogens (primary N) is 1. The summed E-state index contributed by atoms with van der Waals surface area (Å²) in [6.07, 6.45) is 1.75. The first-order valence-corrected chi connectivity index (χ1v) is 5.23. The van der Waals surface area contributed by atoms with Crippen LogP contribution in [0.4, 0.5) is 5.69 Å². The van der Waals surface area contributed by atoms with Crippen molar-refractivity contribution >= 4 is 5.69 Å². The highest BCUT2D eigenvalue weighted by atomic mass is 16.6. The van der Waals surface area contributed by atoms with Crippen LogP contribution in [0.3, 0.4) is 0 Å². The third-order valence-electron chi connectivity index (χ3n) is 2.81. The van der Waals surface area contributed by atoms with Crippen molar-refractivity contribution in [3.8, 4) is 5.75 Å². The minimum atomic E-state index is -0.418. The smallest absolute Gasteiger partial charge is 0.273 e. The van der Waals surface area contributed by atoms with E-state index in [1.54, 1.807) is 6.07 Å². The predicted octanol–water partition coefficient (Wildman–Crippen LogP) is 1.77. The van der Waals surface area contributed by atoms with Crippen LogP contribution < -0.4 is 10.5 Å². The standard InChI is InChI=1S/C11H14N2O3/c1-7-2-3-9(13(14)15)6-11(7)16-10-4-8(12)5-10/h2-3,6,8,10H,4-5,12H2,1H3. The Morgan fingerprint density at radius 3 is 2.75 bits per heavy atom. The van der Waals surface area contributed by atoms with E-state index < -0.39 is 4.92 Å². The molecule has 1 aliphatic carbocycles. The van der Waals surface area contributed by atoms with E-state index in [1.165, 1.54) is 12.1 Å². The molecule has 1 saturated carbocycles. The van der Waals surface area contributed by atoms with Gasteiger partial charge in [-0.25, -0.2) is 0 Å². The summed E-state index contributed by atoms with van der Waals surface area (Å²) in [7, 11) is 0. The van der Waals surface area contributed by atoms with Crippen molar-refractivity contribution in [1.82, 2.24) is 0 Å². The third-order valence-corrected chi connectivity index (χ3v) is 2.81. The first-order valence-electron chi connectivity index (χ1n) is 5.23. The molecule has 2 rings (SSSR count). The molecule has 1 aliphatic rings. The van der Waals surface area contributed by atoms with Crippen molar-refractivity contribution in [2.75, 3.05) is 0 Å². The minimum Gasteiger partial charge on any atom is -0.490 e. The van der Waals surface area contributed by atoms with Gasteiger partial charge in [0.25, 0.3) is 5.69 Å². The van der Waals surface area contributed by atoms with E-state index in [1.807, 2.05) is 6.92 Å². The van der Waals surface area contributed by atoms with Crippen LogP contribution in [0.1, 0.15) is 18.4 Å². The summed E-state index contributed by atoms with van der Waals surface area (Å²) < 4.78 is 5.66. The Hall–Kier alpha value is -1.62. The number of benzene rings is 1. The highest BCUT2D eigenvalue weighted by molar-refractivity contribution is 5.43. The molecule has 5 heteroatoms. The number of nitro groups is 1. The van der Waals surface area contributed by atoms with Crippen LogP contribution in [0, 0.1) is 17.0 Å². The van der Waals surface area contributed by atoms with Gasteiger partial charge in [0.2, 0.25) is 0 Å². The molecule has 0 heterocycles. The van der Waals surface area contributed by atoms with Crippen LogP contribution in [-0.4, -0.2) is 17.1 Å². The number of ether oxygens (including phenoxy) is 1. The lowest BCUT2D eigenvalue weighted by atomic mass is 9.90. The van der Waals surface area contributed by atoms with E-state index in [-0.39, 0.29) is 17.8 Å². The van der Waals surface area contributed by atoms with Crippen molar-refractivity contribution in [1.29, 1.82) is 0 Å². The molecule has 0 aromatic heterocycles. The maximum absolute atomic E-state index is 10.6. The zero-order valence-corrected chi connectivity index (χ0v) is 9.05. The fourth-order valence-electron chi connectivity index (χ4n) is 1.71. The maximum atomic E-state index is 10.6. The minimum absolute atomic E-state index is 0.0595. The van der Waals surface area contributed by atoms with Gasteiger partial charge in [-0.05, 0) is 31.4 Å². The van der Waals surface area contributed by atoms with Crippen LogP contribution in [0.25, 0.3) is 0 Å². The molecule has 1 aromatic carbocycles. The first kappa shape index (κ1) is 10.9. The van der Waals surface area contributed by atoms with Crippen molar-refractivity contribution in [2.24, 2.45) is 5.73 Å². The highest BCUT2D eigenvalue weighted by Gasteiger charge is 2.28. The SMILES string of the molecule is Cc1ccc([N+](=O)[O-])cc1OC1CC(N)C1. The van der Waals surface area contributed by atoms with E-state index in [9.17, 15) is 10.1 Å². The van der Waals surface area contributed by atoms with Crippen LogP contribution in [0.5, 0.6) is 5.75 Å². The van der Waals surface area contributed by atoms with Gasteiger partial charge >= 0.3 is 0 Å². The summed E-state index contributed by atoms with van der Waals surface area (Å²) in [5.74, 6) is 0.589. The normalized spacial score (nSPS) is 23.6. The Labute approximate surface area is 93.4 Å². The van der Waals surface area contributed by atoms with Crippen molar-refractivity contribution in [3.05, 3.63) is 33.9 Å². The number of hydrogen-bond acceptors (Lipinski definition) is 4. The summed E-state index contributed by atoms with van der Waals surface area (Å²) in [5, 5.41) is 10.6. The second-order valence-electron chi connectivity index (χ2n) is 4.18. The molecule has 16 heavy (non-hydrogen) atoms. The number of hydrogen-bond donors (Lipinski definition) is 1. The van der Waals surface area contributed by atoms with Gasteiger partial charge in [0.15, 0.2) is 0 Å². The van der Waals surface area contributed by atoms with Crippen LogP contribution in [0.2, 0.25) is 0 Å².